The molecule has 0 atom stereocenters. The van der Waals surface area contributed by atoms with Crippen LogP contribution >= 0.6 is 39.9 Å². The molecule has 1 amide bonds. The Balaban J connectivity index is 2.32. The Morgan fingerprint density at radius 3 is 2.81 bits per heavy atom. The maximum absolute atomic E-state index is 12.4. The summed E-state index contributed by atoms with van der Waals surface area (Å²) in [4.78, 5) is 14.7. The first-order valence-corrected chi connectivity index (χ1v) is 8.53. The van der Waals surface area contributed by atoms with Crippen molar-refractivity contribution in [3.63, 3.8) is 0 Å². The smallest absolute Gasteiger partial charge is 0.266 e. The fourth-order valence-corrected chi connectivity index (χ4v) is 3.63. The number of rotatable bonds is 4. The third-order valence-electron chi connectivity index (χ3n) is 2.90. The Hall–Kier alpha value is -0.850. The largest absolute Gasteiger partial charge is 0.496 e. The van der Waals surface area contributed by atoms with Gasteiger partial charge in [-0.15, -0.1) is 0 Å². The number of thiocarbonyl (C=S) groups is 1. The molecule has 0 aliphatic carbocycles. The van der Waals surface area contributed by atoms with E-state index < -0.39 is 0 Å². The van der Waals surface area contributed by atoms with Crippen LogP contribution in [0.5, 0.6) is 5.75 Å². The van der Waals surface area contributed by atoms with Crippen LogP contribution in [0.3, 0.4) is 0 Å². The Kier molecular flexibility index (Phi) is 5.46. The molecular formula is C15H16BrNO2S2. The molecule has 0 N–H and O–H groups in total. The molecule has 112 valence electrons. The van der Waals surface area contributed by atoms with Gasteiger partial charge in [-0.05, 0) is 30.2 Å². The van der Waals surface area contributed by atoms with Crippen LogP contribution in [0, 0.1) is 5.92 Å². The maximum Gasteiger partial charge on any atom is 0.266 e. The van der Waals surface area contributed by atoms with E-state index in [0.29, 0.717) is 21.7 Å². The van der Waals surface area contributed by atoms with Crippen molar-refractivity contribution in [2.45, 2.75) is 13.8 Å². The minimum absolute atomic E-state index is 0.0271. The molecule has 0 unspecified atom stereocenters. The zero-order valence-corrected chi connectivity index (χ0v) is 15.3. The van der Waals surface area contributed by atoms with Gasteiger partial charge in [0.25, 0.3) is 5.91 Å². The SMILES string of the molecule is COc1ccc(Br)cc1/C=C1\SC(=S)N(CC(C)C)C1=O. The normalized spacial score (nSPS) is 17.2. The first-order chi connectivity index (χ1) is 9.92. The molecule has 0 radical (unpaired) electrons. The standard InChI is InChI=1S/C15H16BrNO2S2/c1-9(2)8-17-14(18)13(21-15(17)20)7-10-6-11(16)4-5-12(10)19-3/h4-7,9H,8H2,1-3H3/b13-7-. The van der Waals surface area contributed by atoms with Crippen molar-refractivity contribution >= 4 is 56.2 Å². The van der Waals surface area contributed by atoms with E-state index in [4.69, 9.17) is 17.0 Å². The zero-order valence-electron chi connectivity index (χ0n) is 12.1. The molecule has 1 aromatic rings. The lowest BCUT2D eigenvalue weighted by molar-refractivity contribution is -0.122. The second-order valence-corrected chi connectivity index (χ2v) is 7.66. The van der Waals surface area contributed by atoms with Crippen molar-refractivity contribution in [1.82, 2.24) is 4.90 Å². The van der Waals surface area contributed by atoms with Gasteiger partial charge < -0.3 is 4.74 Å². The van der Waals surface area contributed by atoms with Gasteiger partial charge in [0, 0.05) is 16.6 Å². The van der Waals surface area contributed by atoms with Crippen molar-refractivity contribution < 1.29 is 9.53 Å². The number of thioether (sulfide) groups is 1. The number of hydrogen-bond acceptors (Lipinski definition) is 4. The van der Waals surface area contributed by atoms with Crippen molar-refractivity contribution in [2.75, 3.05) is 13.7 Å². The van der Waals surface area contributed by atoms with Gasteiger partial charge in [0.05, 0.1) is 12.0 Å². The molecule has 1 aromatic carbocycles. The van der Waals surface area contributed by atoms with Crippen LogP contribution in [0.1, 0.15) is 19.4 Å². The van der Waals surface area contributed by atoms with E-state index in [2.05, 4.69) is 29.8 Å². The van der Waals surface area contributed by atoms with Gasteiger partial charge >= 0.3 is 0 Å². The number of benzene rings is 1. The third kappa shape index (κ3) is 3.87. The molecule has 0 saturated carbocycles. The van der Waals surface area contributed by atoms with Crippen LogP contribution in [0.4, 0.5) is 0 Å². The van der Waals surface area contributed by atoms with E-state index in [1.165, 1.54) is 11.8 Å². The van der Waals surface area contributed by atoms with Gasteiger partial charge in [-0.1, -0.05) is 53.8 Å². The summed E-state index contributed by atoms with van der Waals surface area (Å²) in [6.07, 6.45) is 1.84. The van der Waals surface area contributed by atoms with Crippen LogP contribution in [-0.4, -0.2) is 28.8 Å². The lowest BCUT2D eigenvalue weighted by Crippen LogP contribution is -2.31. The molecule has 1 aliphatic heterocycles. The highest BCUT2D eigenvalue weighted by Crippen LogP contribution is 2.35. The fourth-order valence-electron chi connectivity index (χ4n) is 1.98. The van der Waals surface area contributed by atoms with Crippen LogP contribution in [0.25, 0.3) is 6.08 Å². The van der Waals surface area contributed by atoms with Crippen LogP contribution in [0.2, 0.25) is 0 Å². The first-order valence-electron chi connectivity index (χ1n) is 6.51. The number of methoxy groups -OCH3 is 1. The Morgan fingerprint density at radius 2 is 2.19 bits per heavy atom. The van der Waals surface area contributed by atoms with E-state index in [0.717, 1.165) is 15.8 Å². The average Bonchev–Trinajstić information content (AvgIpc) is 2.66. The molecule has 0 bridgehead atoms. The number of ether oxygens (including phenoxy) is 1. The number of nitrogens with zero attached hydrogens (tertiary/aromatic N) is 1. The van der Waals surface area contributed by atoms with Gasteiger partial charge in [0.2, 0.25) is 0 Å². The summed E-state index contributed by atoms with van der Waals surface area (Å²) < 4.78 is 6.89. The Labute approximate surface area is 142 Å². The molecule has 3 nitrogen and oxygen atoms in total. The molecule has 0 spiro atoms. The van der Waals surface area contributed by atoms with E-state index >= 15 is 0 Å². The summed E-state index contributed by atoms with van der Waals surface area (Å²) in [5, 5.41) is 0. The second-order valence-electron chi connectivity index (χ2n) is 5.07. The molecule has 6 heteroatoms. The minimum atomic E-state index is -0.0271. The number of carbonyl (C=O) groups is 1. The van der Waals surface area contributed by atoms with Gasteiger partial charge in [0.15, 0.2) is 0 Å². The van der Waals surface area contributed by atoms with Crippen molar-refractivity contribution in [3.8, 4) is 5.75 Å². The van der Waals surface area contributed by atoms with Crippen LogP contribution in [0.15, 0.2) is 27.6 Å². The molecule has 2 rings (SSSR count). The molecule has 1 fully saturated rings. The Bertz CT molecular complexity index is 614. The molecular weight excluding hydrogens is 370 g/mol. The van der Waals surface area contributed by atoms with Gasteiger partial charge in [-0.3, -0.25) is 9.69 Å². The molecule has 1 heterocycles. The van der Waals surface area contributed by atoms with Crippen molar-refractivity contribution in [1.29, 1.82) is 0 Å². The second kappa shape index (κ2) is 6.94. The number of amides is 1. The summed E-state index contributed by atoms with van der Waals surface area (Å²) in [6, 6.07) is 5.69. The topological polar surface area (TPSA) is 29.5 Å². The lowest BCUT2D eigenvalue weighted by atomic mass is 10.1. The van der Waals surface area contributed by atoms with Crippen LogP contribution < -0.4 is 4.74 Å². The molecule has 1 saturated heterocycles. The predicted octanol–water partition coefficient (Wildman–Crippen LogP) is 4.31. The quantitative estimate of drug-likeness (QED) is 0.570. The highest BCUT2D eigenvalue weighted by atomic mass is 79.9. The van der Waals surface area contributed by atoms with Crippen LogP contribution in [-0.2, 0) is 4.79 Å². The maximum atomic E-state index is 12.4. The van der Waals surface area contributed by atoms with E-state index in [1.54, 1.807) is 12.0 Å². The highest BCUT2D eigenvalue weighted by Gasteiger charge is 2.32. The summed E-state index contributed by atoms with van der Waals surface area (Å²) >= 11 is 10.1. The molecule has 0 aromatic heterocycles. The summed E-state index contributed by atoms with van der Waals surface area (Å²) in [5.74, 6) is 1.08. The zero-order chi connectivity index (χ0) is 15.6. The summed E-state index contributed by atoms with van der Waals surface area (Å²) in [6.45, 7) is 4.79. The number of carbonyl (C=O) groups excluding carboxylic acids is 1. The van der Waals surface area contributed by atoms with Crippen molar-refractivity contribution in [3.05, 3.63) is 33.1 Å². The summed E-state index contributed by atoms with van der Waals surface area (Å²) in [7, 11) is 1.62. The lowest BCUT2D eigenvalue weighted by Gasteiger charge is -2.16. The number of halogens is 1. The van der Waals surface area contributed by atoms with Gasteiger partial charge in [-0.25, -0.2) is 0 Å². The minimum Gasteiger partial charge on any atom is -0.496 e. The Morgan fingerprint density at radius 1 is 1.48 bits per heavy atom. The molecule has 21 heavy (non-hydrogen) atoms. The number of hydrogen-bond donors (Lipinski definition) is 0. The van der Waals surface area contributed by atoms with E-state index in [1.807, 2.05) is 24.3 Å². The van der Waals surface area contributed by atoms with Gasteiger partial charge in [0.1, 0.15) is 10.1 Å². The predicted molar refractivity (Wildman–Crippen MR) is 95.4 cm³/mol. The van der Waals surface area contributed by atoms with E-state index in [9.17, 15) is 4.79 Å². The summed E-state index contributed by atoms with van der Waals surface area (Å²) in [5.41, 5.74) is 0.858. The fraction of sp³-hybridized carbons (Fsp3) is 0.333. The van der Waals surface area contributed by atoms with E-state index in [-0.39, 0.29) is 5.91 Å². The molecule has 1 aliphatic rings. The third-order valence-corrected chi connectivity index (χ3v) is 4.77. The average molecular weight is 386 g/mol. The highest BCUT2D eigenvalue weighted by molar-refractivity contribution is 9.10. The monoisotopic (exact) mass is 385 g/mol. The van der Waals surface area contributed by atoms with Crippen molar-refractivity contribution in [2.24, 2.45) is 5.92 Å². The first kappa shape index (κ1) is 16.5. The van der Waals surface area contributed by atoms with Gasteiger partial charge in [-0.2, -0.15) is 0 Å².